The number of amides is 1. The fraction of sp³-hybridized carbons (Fsp3) is 0.280. The molecule has 3 aromatic heterocycles. The molecule has 0 aliphatic rings. The smallest absolute Gasteiger partial charge is 0.255 e. The summed E-state index contributed by atoms with van der Waals surface area (Å²) < 4.78 is 1.84. The number of benzene rings is 1. The Morgan fingerprint density at radius 2 is 1.97 bits per heavy atom. The average molecular weight is 444 g/mol. The van der Waals surface area contributed by atoms with E-state index in [2.05, 4.69) is 31.1 Å². The first-order valence-electron chi connectivity index (χ1n) is 10.5. The molecule has 7 heteroatoms. The van der Waals surface area contributed by atoms with E-state index < -0.39 is 0 Å². The second kappa shape index (κ2) is 8.93. The molecule has 1 aromatic carbocycles. The summed E-state index contributed by atoms with van der Waals surface area (Å²) in [4.78, 5) is 22.5. The van der Waals surface area contributed by atoms with Crippen molar-refractivity contribution in [2.24, 2.45) is 0 Å². The van der Waals surface area contributed by atoms with E-state index >= 15 is 0 Å². The van der Waals surface area contributed by atoms with Gasteiger partial charge in [-0.25, -0.2) is 9.67 Å². The topological polar surface area (TPSA) is 74.8 Å². The maximum absolute atomic E-state index is 13.7. The van der Waals surface area contributed by atoms with Gasteiger partial charge in [0.25, 0.3) is 5.91 Å². The molecule has 6 nitrogen and oxygen atoms in total. The molecule has 0 fully saturated rings. The highest BCUT2D eigenvalue weighted by Crippen LogP contribution is 2.33. The van der Waals surface area contributed by atoms with Crippen LogP contribution in [0.5, 0.6) is 0 Å². The van der Waals surface area contributed by atoms with Gasteiger partial charge in [0, 0.05) is 27.9 Å². The molecule has 0 bridgehead atoms. The van der Waals surface area contributed by atoms with Crippen molar-refractivity contribution in [3.63, 3.8) is 0 Å². The van der Waals surface area contributed by atoms with Crippen LogP contribution in [0.4, 0.5) is 0 Å². The Kier molecular flexibility index (Phi) is 6.06. The first-order valence-corrected chi connectivity index (χ1v) is 11.4. The summed E-state index contributed by atoms with van der Waals surface area (Å²) in [7, 11) is 0. The zero-order chi connectivity index (χ0) is 22.8. The number of rotatable bonds is 6. The molecular weight excluding hydrogens is 418 g/mol. The van der Waals surface area contributed by atoms with Crippen LogP contribution in [0.1, 0.15) is 45.6 Å². The molecular formula is C25H25N5OS. The molecule has 0 aliphatic carbocycles. The van der Waals surface area contributed by atoms with E-state index in [0.717, 1.165) is 21.7 Å². The van der Waals surface area contributed by atoms with Gasteiger partial charge in [-0.3, -0.25) is 4.79 Å². The van der Waals surface area contributed by atoms with Crippen molar-refractivity contribution in [1.82, 2.24) is 19.7 Å². The molecule has 0 unspecified atom stereocenters. The van der Waals surface area contributed by atoms with Gasteiger partial charge >= 0.3 is 0 Å². The molecule has 162 valence electrons. The number of carbonyl (C=O) groups is 1. The fourth-order valence-electron chi connectivity index (χ4n) is 3.86. The minimum absolute atomic E-state index is 0.00177. The van der Waals surface area contributed by atoms with Gasteiger partial charge in [-0.15, -0.1) is 11.3 Å². The summed E-state index contributed by atoms with van der Waals surface area (Å²) >= 11 is 1.71. The third-order valence-corrected chi connectivity index (χ3v) is 6.33. The van der Waals surface area contributed by atoms with Crippen LogP contribution in [0.2, 0.25) is 0 Å². The Morgan fingerprint density at radius 1 is 1.22 bits per heavy atom. The Morgan fingerprint density at radius 3 is 2.59 bits per heavy atom. The molecule has 32 heavy (non-hydrogen) atoms. The van der Waals surface area contributed by atoms with Crippen LogP contribution in [0.3, 0.4) is 0 Å². The van der Waals surface area contributed by atoms with Crippen LogP contribution in [0.15, 0.2) is 48.7 Å². The lowest BCUT2D eigenvalue weighted by Crippen LogP contribution is -2.31. The van der Waals surface area contributed by atoms with Gasteiger partial charge in [0.15, 0.2) is 5.65 Å². The predicted octanol–water partition coefficient (Wildman–Crippen LogP) is 5.52. The van der Waals surface area contributed by atoms with Crippen LogP contribution in [-0.4, -0.2) is 32.1 Å². The summed E-state index contributed by atoms with van der Waals surface area (Å²) in [5, 5.41) is 14.6. The number of aryl methyl sites for hydroxylation is 2. The van der Waals surface area contributed by atoms with Crippen molar-refractivity contribution >= 4 is 28.3 Å². The monoisotopic (exact) mass is 443 g/mol. The predicted molar refractivity (Wildman–Crippen MR) is 127 cm³/mol. The maximum Gasteiger partial charge on any atom is 0.255 e. The third-order valence-electron chi connectivity index (χ3n) is 5.37. The fourth-order valence-corrected chi connectivity index (χ4v) is 4.79. The molecule has 0 saturated carbocycles. The summed E-state index contributed by atoms with van der Waals surface area (Å²) in [6.45, 7) is 8.58. The Hall–Kier alpha value is -3.50. The van der Waals surface area contributed by atoms with Gasteiger partial charge in [-0.2, -0.15) is 10.4 Å². The number of fused-ring (bicyclic) bond motifs is 1. The molecule has 0 atom stereocenters. The number of thiophene rings is 1. The number of hydrogen-bond acceptors (Lipinski definition) is 5. The highest BCUT2D eigenvalue weighted by molar-refractivity contribution is 7.12. The Balaban J connectivity index is 1.86. The lowest BCUT2D eigenvalue weighted by atomic mass is 10.1. The van der Waals surface area contributed by atoms with E-state index in [1.807, 2.05) is 54.9 Å². The standard InChI is InChI=1S/C25H25N5OS/c1-16(2)30-24-22(14-27-30)21(13-23(28-24)20-12-17(3)32-18(20)4)25(31)29(11-10-26)15-19-8-6-5-7-9-19/h5-9,12-14,16H,11,15H2,1-4H3. The molecule has 3 heterocycles. The maximum atomic E-state index is 13.7. The summed E-state index contributed by atoms with van der Waals surface area (Å²) in [5.74, 6) is -0.197. The van der Waals surface area contributed by atoms with Crippen molar-refractivity contribution in [2.45, 2.75) is 40.3 Å². The molecule has 4 aromatic rings. The third kappa shape index (κ3) is 4.14. The zero-order valence-corrected chi connectivity index (χ0v) is 19.5. The van der Waals surface area contributed by atoms with Gasteiger partial charge in [-0.1, -0.05) is 30.3 Å². The number of carbonyl (C=O) groups excluding carboxylic acids is 1. The number of hydrogen-bond donors (Lipinski definition) is 0. The number of aromatic nitrogens is 3. The van der Waals surface area contributed by atoms with Gasteiger partial charge in [0.2, 0.25) is 0 Å². The second-order valence-corrected chi connectivity index (χ2v) is 9.57. The lowest BCUT2D eigenvalue weighted by Gasteiger charge is -2.21. The Labute approximate surface area is 191 Å². The van der Waals surface area contributed by atoms with E-state index in [4.69, 9.17) is 4.98 Å². The minimum Gasteiger partial charge on any atom is -0.321 e. The highest BCUT2D eigenvalue weighted by atomic mass is 32.1. The number of nitrogens with zero attached hydrogens (tertiary/aromatic N) is 5. The highest BCUT2D eigenvalue weighted by Gasteiger charge is 2.23. The molecule has 0 N–H and O–H groups in total. The van der Waals surface area contributed by atoms with E-state index in [9.17, 15) is 10.1 Å². The second-order valence-electron chi connectivity index (χ2n) is 8.11. The normalized spacial score (nSPS) is 11.1. The SMILES string of the molecule is Cc1cc(-c2cc(C(=O)N(CC#N)Cc3ccccc3)c3cnn(C(C)C)c3n2)c(C)s1. The van der Waals surface area contributed by atoms with Crippen molar-refractivity contribution in [3.8, 4) is 17.3 Å². The van der Waals surface area contributed by atoms with E-state index in [-0.39, 0.29) is 18.5 Å². The van der Waals surface area contributed by atoms with E-state index in [0.29, 0.717) is 23.1 Å². The molecule has 0 aliphatic heterocycles. The van der Waals surface area contributed by atoms with Crippen molar-refractivity contribution in [1.29, 1.82) is 5.26 Å². The first kappa shape index (κ1) is 21.7. The Bertz CT molecular complexity index is 1310. The molecule has 1 amide bonds. The van der Waals surface area contributed by atoms with Gasteiger partial charge in [-0.05, 0) is 45.4 Å². The summed E-state index contributed by atoms with van der Waals surface area (Å²) in [6, 6.07) is 15.9. The molecule has 0 spiro atoms. The van der Waals surface area contributed by atoms with Crippen molar-refractivity contribution < 1.29 is 4.79 Å². The quantitative estimate of drug-likeness (QED) is 0.368. The van der Waals surface area contributed by atoms with Gasteiger partial charge in [0.1, 0.15) is 6.54 Å². The summed E-state index contributed by atoms with van der Waals surface area (Å²) in [5.41, 5.74) is 3.95. The van der Waals surface area contributed by atoms with Crippen LogP contribution in [0.25, 0.3) is 22.3 Å². The summed E-state index contributed by atoms with van der Waals surface area (Å²) in [6.07, 6.45) is 1.71. The van der Waals surface area contributed by atoms with Crippen molar-refractivity contribution in [3.05, 3.63) is 69.5 Å². The van der Waals surface area contributed by atoms with E-state index in [1.54, 1.807) is 22.4 Å². The lowest BCUT2D eigenvalue weighted by molar-refractivity contribution is 0.0767. The molecule has 0 saturated heterocycles. The largest absolute Gasteiger partial charge is 0.321 e. The molecule has 4 rings (SSSR count). The number of pyridine rings is 1. The minimum atomic E-state index is -0.197. The van der Waals surface area contributed by atoms with Crippen LogP contribution >= 0.6 is 11.3 Å². The average Bonchev–Trinajstić information content (AvgIpc) is 3.35. The first-order chi connectivity index (χ1) is 15.4. The number of nitriles is 1. The zero-order valence-electron chi connectivity index (χ0n) is 18.7. The van der Waals surface area contributed by atoms with E-state index in [1.165, 1.54) is 4.88 Å². The van der Waals surface area contributed by atoms with Gasteiger partial charge in [0.05, 0.1) is 28.9 Å². The molecule has 0 radical (unpaired) electrons. The van der Waals surface area contributed by atoms with Crippen molar-refractivity contribution in [2.75, 3.05) is 6.54 Å². The van der Waals surface area contributed by atoms with Crippen LogP contribution < -0.4 is 0 Å². The van der Waals surface area contributed by atoms with Crippen LogP contribution in [-0.2, 0) is 6.54 Å². The van der Waals surface area contributed by atoms with Crippen LogP contribution in [0, 0.1) is 25.2 Å². The van der Waals surface area contributed by atoms with Gasteiger partial charge < -0.3 is 4.90 Å².